The van der Waals surface area contributed by atoms with Gasteiger partial charge in [0.15, 0.2) is 0 Å². The standard InChI is InChI=1S/C30H50O4/c1-20(9-6-16-29(3,4)34)25-14-15-26-22(10-7-17-30(25,26)5)12-13-23-19-27(32)24(11-8-18-31)28(33)21(23)2/h12-13,20,24-28,31-34H,2,6-11,14-19H2,1,3-5H3/b22-12+,23-13-/t20-,24+,25?,26?,27-,28-,30?/m1/s1. The number of hydrogen-bond acceptors (Lipinski definition) is 4. The van der Waals surface area contributed by atoms with Gasteiger partial charge in [0.25, 0.3) is 0 Å². The molecule has 0 aromatic rings. The van der Waals surface area contributed by atoms with Crippen LogP contribution < -0.4 is 0 Å². The minimum atomic E-state index is -0.739. The van der Waals surface area contributed by atoms with Crippen molar-refractivity contribution in [1.29, 1.82) is 0 Å². The molecular weight excluding hydrogens is 424 g/mol. The Bertz CT molecular complexity index is 760. The summed E-state index contributed by atoms with van der Waals surface area (Å²) in [5, 5.41) is 40.6. The topological polar surface area (TPSA) is 80.9 Å². The summed E-state index contributed by atoms with van der Waals surface area (Å²) in [5.41, 5.74) is 3.00. The van der Waals surface area contributed by atoms with E-state index in [1.807, 2.05) is 13.8 Å². The number of aliphatic hydroxyl groups excluding tert-OH is 3. The summed E-state index contributed by atoms with van der Waals surface area (Å²) in [6.45, 7) is 13.0. The van der Waals surface area contributed by atoms with Crippen molar-refractivity contribution < 1.29 is 20.4 Å². The lowest BCUT2D eigenvalue weighted by Crippen LogP contribution is -2.38. The molecule has 3 saturated carbocycles. The summed E-state index contributed by atoms with van der Waals surface area (Å²) >= 11 is 0. The second kappa shape index (κ2) is 11.4. The molecule has 4 heteroatoms. The number of rotatable bonds is 9. The number of allylic oxidation sites excluding steroid dienone is 3. The van der Waals surface area contributed by atoms with Gasteiger partial charge in [-0.2, -0.15) is 0 Å². The quantitative estimate of drug-likeness (QED) is 0.345. The zero-order valence-corrected chi connectivity index (χ0v) is 22.1. The van der Waals surface area contributed by atoms with Crippen molar-refractivity contribution in [3.63, 3.8) is 0 Å². The molecule has 3 aliphatic rings. The van der Waals surface area contributed by atoms with Crippen molar-refractivity contribution in [3.8, 4) is 0 Å². The van der Waals surface area contributed by atoms with Crippen LogP contribution in [0.15, 0.2) is 35.5 Å². The summed E-state index contributed by atoms with van der Waals surface area (Å²) in [5.74, 6) is 1.78. The van der Waals surface area contributed by atoms with Crippen LogP contribution in [0.2, 0.25) is 0 Å². The molecule has 0 bridgehead atoms. The molecule has 0 aromatic carbocycles. The van der Waals surface area contributed by atoms with Crippen LogP contribution in [0.1, 0.15) is 98.3 Å². The molecule has 34 heavy (non-hydrogen) atoms. The highest BCUT2D eigenvalue weighted by molar-refractivity contribution is 5.39. The summed E-state index contributed by atoms with van der Waals surface area (Å²) in [7, 11) is 0. The second-order valence-corrected chi connectivity index (χ2v) is 12.5. The third kappa shape index (κ3) is 6.24. The number of fused-ring (bicyclic) bond motifs is 1. The van der Waals surface area contributed by atoms with Gasteiger partial charge in [-0.05, 0) is 106 Å². The molecule has 194 valence electrons. The molecule has 3 unspecified atom stereocenters. The van der Waals surface area contributed by atoms with Crippen molar-refractivity contribution in [3.05, 3.63) is 35.5 Å². The van der Waals surface area contributed by atoms with Gasteiger partial charge in [0.1, 0.15) is 0 Å². The predicted molar refractivity (Wildman–Crippen MR) is 139 cm³/mol. The fourth-order valence-electron chi connectivity index (χ4n) is 7.50. The van der Waals surface area contributed by atoms with Gasteiger partial charge in [0.05, 0.1) is 17.8 Å². The largest absolute Gasteiger partial charge is 0.396 e. The van der Waals surface area contributed by atoms with Gasteiger partial charge < -0.3 is 20.4 Å². The third-order valence-corrected chi connectivity index (χ3v) is 9.47. The van der Waals surface area contributed by atoms with Gasteiger partial charge in [0.2, 0.25) is 0 Å². The van der Waals surface area contributed by atoms with E-state index in [-0.39, 0.29) is 12.5 Å². The molecule has 0 radical (unpaired) electrons. The average Bonchev–Trinajstić information content (AvgIpc) is 3.12. The monoisotopic (exact) mass is 474 g/mol. The van der Waals surface area contributed by atoms with Crippen LogP contribution in [0.3, 0.4) is 0 Å². The second-order valence-electron chi connectivity index (χ2n) is 12.5. The Morgan fingerprint density at radius 1 is 1.18 bits per heavy atom. The van der Waals surface area contributed by atoms with E-state index in [0.29, 0.717) is 36.5 Å². The Labute approximate surface area is 207 Å². The molecule has 3 aliphatic carbocycles. The van der Waals surface area contributed by atoms with E-state index in [4.69, 9.17) is 5.11 Å². The van der Waals surface area contributed by atoms with Crippen molar-refractivity contribution in [1.82, 2.24) is 0 Å². The smallest absolute Gasteiger partial charge is 0.0839 e. The Morgan fingerprint density at radius 2 is 1.91 bits per heavy atom. The van der Waals surface area contributed by atoms with E-state index in [1.54, 1.807) is 0 Å². The molecule has 3 rings (SSSR count). The maximum Gasteiger partial charge on any atom is 0.0839 e. The van der Waals surface area contributed by atoms with Gasteiger partial charge in [-0.3, -0.25) is 0 Å². The fourth-order valence-corrected chi connectivity index (χ4v) is 7.50. The van der Waals surface area contributed by atoms with Crippen LogP contribution in [0, 0.1) is 29.1 Å². The van der Waals surface area contributed by atoms with Crippen LogP contribution in [-0.2, 0) is 0 Å². The zero-order chi connectivity index (χ0) is 25.1. The van der Waals surface area contributed by atoms with E-state index in [9.17, 15) is 15.3 Å². The molecule has 0 amide bonds. The van der Waals surface area contributed by atoms with E-state index in [0.717, 1.165) is 36.3 Å². The Kier molecular flexibility index (Phi) is 9.28. The van der Waals surface area contributed by atoms with E-state index < -0.39 is 17.8 Å². The van der Waals surface area contributed by atoms with Gasteiger partial charge in [-0.25, -0.2) is 0 Å². The molecule has 0 heterocycles. The summed E-state index contributed by atoms with van der Waals surface area (Å²) in [4.78, 5) is 0. The van der Waals surface area contributed by atoms with Crippen LogP contribution >= 0.6 is 0 Å². The number of hydrogen-bond donors (Lipinski definition) is 4. The normalized spacial score (nSPS) is 37.9. The summed E-state index contributed by atoms with van der Waals surface area (Å²) < 4.78 is 0. The molecule has 7 atom stereocenters. The van der Waals surface area contributed by atoms with Crippen molar-refractivity contribution in [2.75, 3.05) is 6.61 Å². The van der Waals surface area contributed by atoms with E-state index >= 15 is 0 Å². The highest BCUT2D eigenvalue weighted by atomic mass is 16.3. The molecule has 4 N–H and O–H groups in total. The van der Waals surface area contributed by atoms with Crippen LogP contribution in [0.5, 0.6) is 0 Å². The minimum absolute atomic E-state index is 0.0798. The third-order valence-electron chi connectivity index (χ3n) is 9.47. The predicted octanol–water partition coefficient (Wildman–Crippen LogP) is 5.70. The Hall–Kier alpha value is -0.940. The SMILES string of the molecule is C=C1/C(=C\C=C2/CCCC3(C)C2CCC3[C@H](C)CCCC(C)(C)O)C[C@@H](O)[C@H](CCCO)[C@@H]1O. The van der Waals surface area contributed by atoms with Crippen molar-refractivity contribution in [2.24, 2.45) is 29.1 Å². The van der Waals surface area contributed by atoms with Crippen molar-refractivity contribution in [2.45, 2.75) is 116 Å². The first-order valence-electron chi connectivity index (χ1n) is 13.8. The first-order chi connectivity index (χ1) is 16.0. The van der Waals surface area contributed by atoms with E-state index in [1.165, 1.54) is 37.7 Å². The molecular formula is C30H50O4. The van der Waals surface area contributed by atoms with Crippen LogP contribution in [0.25, 0.3) is 0 Å². The highest BCUT2D eigenvalue weighted by Crippen LogP contribution is 2.60. The average molecular weight is 475 g/mol. The molecule has 3 fully saturated rings. The van der Waals surface area contributed by atoms with E-state index in [2.05, 4.69) is 32.6 Å². The molecule has 4 nitrogen and oxygen atoms in total. The lowest BCUT2D eigenvalue weighted by atomic mass is 9.60. The summed E-state index contributed by atoms with van der Waals surface area (Å²) in [6, 6.07) is 0. The lowest BCUT2D eigenvalue weighted by Gasteiger charge is -2.44. The summed E-state index contributed by atoms with van der Waals surface area (Å²) in [6.07, 6.45) is 14.2. The van der Waals surface area contributed by atoms with Gasteiger partial charge >= 0.3 is 0 Å². The Morgan fingerprint density at radius 3 is 2.59 bits per heavy atom. The highest BCUT2D eigenvalue weighted by Gasteiger charge is 2.50. The number of aliphatic hydroxyl groups is 4. The van der Waals surface area contributed by atoms with Crippen molar-refractivity contribution >= 4 is 0 Å². The lowest BCUT2D eigenvalue weighted by molar-refractivity contribution is 0.0112. The fraction of sp³-hybridized carbons (Fsp3) is 0.800. The first kappa shape index (κ1) is 27.6. The molecule has 0 spiro atoms. The zero-order valence-electron chi connectivity index (χ0n) is 22.1. The molecule has 0 aromatic heterocycles. The Balaban J connectivity index is 1.69. The van der Waals surface area contributed by atoms with Gasteiger partial charge in [-0.1, -0.05) is 51.0 Å². The van der Waals surface area contributed by atoms with Gasteiger partial charge in [0, 0.05) is 12.5 Å². The first-order valence-corrected chi connectivity index (χ1v) is 13.8. The maximum absolute atomic E-state index is 10.7. The molecule has 0 aliphatic heterocycles. The minimum Gasteiger partial charge on any atom is -0.396 e. The maximum atomic E-state index is 10.7. The molecule has 0 saturated heterocycles. The van der Waals surface area contributed by atoms with Gasteiger partial charge in [-0.15, -0.1) is 0 Å². The van der Waals surface area contributed by atoms with Crippen LogP contribution in [0.4, 0.5) is 0 Å². The van der Waals surface area contributed by atoms with Crippen LogP contribution in [-0.4, -0.2) is 44.8 Å².